The molecule has 2 fully saturated rings. The third kappa shape index (κ3) is 3.07. The summed E-state index contributed by atoms with van der Waals surface area (Å²) in [5, 5.41) is 12.2. The highest BCUT2D eigenvalue weighted by molar-refractivity contribution is 5.30. The van der Waals surface area contributed by atoms with Gasteiger partial charge in [0.05, 0.1) is 25.4 Å². The standard InChI is InChI=1S/C17H23N5O2/c1-17(23-10-11-24-17)14-6-5-9-21(12-14)13-16-18-19-20-22(16)15-7-3-2-4-8-15/h2-4,7-8,14H,5-6,9-13H2,1H3. The fourth-order valence-electron chi connectivity index (χ4n) is 3.67. The van der Waals surface area contributed by atoms with Crippen LogP contribution >= 0.6 is 0 Å². The zero-order valence-electron chi connectivity index (χ0n) is 14.0. The molecule has 0 aliphatic carbocycles. The van der Waals surface area contributed by atoms with Crippen molar-refractivity contribution >= 4 is 0 Å². The van der Waals surface area contributed by atoms with E-state index in [4.69, 9.17) is 9.47 Å². The van der Waals surface area contributed by atoms with Crippen molar-refractivity contribution < 1.29 is 9.47 Å². The molecule has 2 saturated heterocycles. The fraction of sp³-hybridized carbons (Fsp3) is 0.588. The molecule has 0 saturated carbocycles. The number of para-hydroxylation sites is 1. The van der Waals surface area contributed by atoms with Gasteiger partial charge >= 0.3 is 0 Å². The van der Waals surface area contributed by atoms with Gasteiger partial charge in [-0.15, -0.1) is 5.10 Å². The second kappa shape index (κ2) is 6.58. The third-order valence-electron chi connectivity index (χ3n) is 5.01. The largest absolute Gasteiger partial charge is 0.347 e. The Morgan fingerprint density at radius 3 is 2.79 bits per heavy atom. The van der Waals surface area contributed by atoms with Crippen LogP contribution in [0.4, 0.5) is 0 Å². The van der Waals surface area contributed by atoms with Gasteiger partial charge in [0.25, 0.3) is 0 Å². The Morgan fingerprint density at radius 1 is 1.21 bits per heavy atom. The summed E-state index contributed by atoms with van der Waals surface area (Å²) in [5.41, 5.74) is 0.987. The van der Waals surface area contributed by atoms with E-state index in [2.05, 4.69) is 27.3 Å². The molecule has 0 amide bonds. The van der Waals surface area contributed by atoms with Crippen LogP contribution in [-0.2, 0) is 16.0 Å². The second-order valence-corrected chi connectivity index (χ2v) is 6.63. The number of hydrogen-bond acceptors (Lipinski definition) is 6. The highest BCUT2D eigenvalue weighted by atomic mass is 16.7. The van der Waals surface area contributed by atoms with Gasteiger partial charge in [0.1, 0.15) is 0 Å². The van der Waals surface area contributed by atoms with Gasteiger partial charge < -0.3 is 9.47 Å². The highest BCUT2D eigenvalue weighted by Crippen LogP contribution is 2.34. The number of tetrazole rings is 1. The summed E-state index contributed by atoms with van der Waals surface area (Å²) in [4.78, 5) is 2.40. The number of ether oxygens (including phenoxy) is 2. The molecule has 0 bridgehead atoms. The van der Waals surface area contributed by atoms with Crippen LogP contribution in [0.1, 0.15) is 25.6 Å². The zero-order chi connectivity index (χ0) is 16.4. The topological polar surface area (TPSA) is 65.3 Å². The van der Waals surface area contributed by atoms with Crippen LogP contribution in [0.2, 0.25) is 0 Å². The molecule has 4 rings (SSSR count). The number of rotatable bonds is 4. The summed E-state index contributed by atoms with van der Waals surface area (Å²) in [6.45, 7) is 6.18. The van der Waals surface area contributed by atoms with Crippen molar-refractivity contribution in [3.63, 3.8) is 0 Å². The van der Waals surface area contributed by atoms with Crippen molar-refractivity contribution in [2.45, 2.75) is 32.1 Å². The first-order valence-electron chi connectivity index (χ1n) is 8.57. The lowest BCUT2D eigenvalue weighted by Crippen LogP contribution is -2.46. The Hall–Kier alpha value is -1.83. The molecule has 7 heteroatoms. The molecule has 1 aromatic carbocycles. The molecular weight excluding hydrogens is 306 g/mol. The molecule has 1 atom stereocenters. The van der Waals surface area contributed by atoms with Crippen molar-refractivity contribution in [3.8, 4) is 5.69 Å². The van der Waals surface area contributed by atoms with E-state index >= 15 is 0 Å². The molecule has 128 valence electrons. The summed E-state index contributed by atoms with van der Waals surface area (Å²) < 4.78 is 13.5. The second-order valence-electron chi connectivity index (χ2n) is 6.63. The Kier molecular flexibility index (Phi) is 4.30. The average molecular weight is 329 g/mol. The number of benzene rings is 1. The normalized spacial score (nSPS) is 24.3. The molecule has 1 unspecified atom stereocenters. The van der Waals surface area contributed by atoms with Gasteiger partial charge in [0.2, 0.25) is 0 Å². The average Bonchev–Trinajstić information content (AvgIpc) is 3.26. The number of nitrogens with zero attached hydrogens (tertiary/aromatic N) is 5. The molecule has 0 radical (unpaired) electrons. The van der Waals surface area contributed by atoms with E-state index in [1.54, 1.807) is 0 Å². The van der Waals surface area contributed by atoms with E-state index in [0.717, 1.165) is 44.0 Å². The van der Waals surface area contributed by atoms with Crippen molar-refractivity contribution in [1.29, 1.82) is 0 Å². The number of piperidine rings is 1. The molecular formula is C17H23N5O2. The molecule has 1 aromatic heterocycles. The quantitative estimate of drug-likeness (QED) is 0.849. The fourth-order valence-corrected chi connectivity index (χ4v) is 3.67. The summed E-state index contributed by atoms with van der Waals surface area (Å²) in [5.74, 6) is 0.805. The summed E-state index contributed by atoms with van der Waals surface area (Å²) in [7, 11) is 0. The maximum Gasteiger partial charge on any atom is 0.170 e. The number of hydrogen-bond donors (Lipinski definition) is 0. The van der Waals surface area contributed by atoms with Crippen LogP contribution in [0.3, 0.4) is 0 Å². The molecule has 3 heterocycles. The lowest BCUT2D eigenvalue weighted by molar-refractivity contribution is -0.192. The highest BCUT2D eigenvalue weighted by Gasteiger charge is 2.41. The first kappa shape index (κ1) is 15.7. The first-order valence-corrected chi connectivity index (χ1v) is 8.57. The minimum absolute atomic E-state index is 0.384. The molecule has 7 nitrogen and oxygen atoms in total. The summed E-state index contributed by atoms with van der Waals surface area (Å²) in [6.07, 6.45) is 2.27. The molecule has 2 aliphatic heterocycles. The number of aromatic nitrogens is 4. The maximum atomic E-state index is 5.86. The van der Waals surface area contributed by atoms with Crippen LogP contribution in [0, 0.1) is 5.92 Å². The maximum absolute atomic E-state index is 5.86. The van der Waals surface area contributed by atoms with Gasteiger partial charge in [-0.3, -0.25) is 4.90 Å². The van der Waals surface area contributed by atoms with Crippen molar-refractivity contribution in [2.75, 3.05) is 26.3 Å². The van der Waals surface area contributed by atoms with Crippen LogP contribution in [0.15, 0.2) is 30.3 Å². The molecule has 24 heavy (non-hydrogen) atoms. The van der Waals surface area contributed by atoms with Gasteiger partial charge in [-0.05, 0) is 48.9 Å². The predicted octanol–water partition coefficient (Wildman–Crippen LogP) is 1.64. The van der Waals surface area contributed by atoms with Gasteiger partial charge in [0.15, 0.2) is 11.6 Å². The lowest BCUT2D eigenvalue weighted by atomic mass is 9.90. The third-order valence-corrected chi connectivity index (χ3v) is 5.01. The Balaban J connectivity index is 1.47. The molecule has 0 N–H and O–H groups in total. The minimum Gasteiger partial charge on any atom is -0.347 e. The lowest BCUT2D eigenvalue weighted by Gasteiger charge is -2.39. The summed E-state index contributed by atoms with van der Waals surface area (Å²) >= 11 is 0. The van der Waals surface area contributed by atoms with Crippen molar-refractivity contribution in [1.82, 2.24) is 25.1 Å². The van der Waals surface area contributed by atoms with Crippen LogP contribution < -0.4 is 0 Å². The SMILES string of the molecule is CC1(C2CCCN(Cc3nnnn3-c3ccccc3)C2)OCCO1. The van der Waals surface area contributed by atoms with Crippen LogP contribution in [-0.4, -0.2) is 57.2 Å². The van der Waals surface area contributed by atoms with Crippen LogP contribution in [0.25, 0.3) is 5.69 Å². The van der Waals surface area contributed by atoms with Gasteiger partial charge in [-0.25, -0.2) is 0 Å². The monoisotopic (exact) mass is 329 g/mol. The van der Waals surface area contributed by atoms with Crippen LogP contribution in [0.5, 0.6) is 0 Å². The van der Waals surface area contributed by atoms with Crippen molar-refractivity contribution in [3.05, 3.63) is 36.2 Å². The smallest absolute Gasteiger partial charge is 0.170 e. The Labute approximate surface area is 141 Å². The van der Waals surface area contributed by atoms with E-state index in [-0.39, 0.29) is 0 Å². The van der Waals surface area contributed by atoms with Gasteiger partial charge in [-0.1, -0.05) is 18.2 Å². The van der Waals surface area contributed by atoms with E-state index in [0.29, 0.717) is 19.1 Å². The van der Waals surface area contributed by atoms with E-state index in [1.807, 2.05) is 35.0 Å². The zero-order valence-corrected chi connectivity index (χ0v) is 14.0. The van der Waals surface area contributed by atoms with Gasteiger partial charge in [-0.2, -0.15) is 4.68 Å². The first-order chi connectivity index (χ1) is 11.7. The van der Waals surface area contributed by atoms with E-state index in [9.17, 15) is 0 Å². The molecule has 2 aliphatic rings. The van der Waals surface area contributed by atoms with E-state index in [1.165, 1.54) is 0 Å². The molecule has 2 aromatic rings. The Bertz CT molecular complexity index is 669. The van der Waals surface area contributed by atoms with Crippen molar-refractivity contribution in [2.24, 2.45) is 5.92 Å². The Morgan fingerprint density at radius 2 is 2.00 bits per heavy atom. The number of likely N-dealkylation sites (tertiary alicyclic amines) is 1. The molecule has 0 spiro atoms. The predicted molar refractivity (Wildman–Crippen MR) is 87.5 cm³/mol. The van der Waals surface area contributed by atoms with Gasteiger partial charge in [0, 0.05) is 12.5 Å². The summed E-state index contributed by atoms with van der Waals surface area (Å²) in [6, 6.07) is 10.0. The minimum atomic E-state index is -0.440. The van der Waals surface area contributed by atoms with E-state index < -0.39 is 5.79 Å².